The molecule has 6 heteroatoms. The number of nitrogens with one attached hydrogen (secondary N) is 3. The van der Waals surface area contributed by atoms with Gasteiger partial charge in [0.2, 0.25) is 0 Å². The minimum absolute atomic E-state index is 0. The molecule has 116 valence electrons. The molecule has 0 radical (unpaired) electrons. The van der Waals surface area contributed by atoms with Gasteiger partial charge < -0.3 is 17.2 Å². The molecule has 3 nitrogen and oxygen atoms in total. The third-order valence-corrected chi connectivity index (χ3v) is 2.52. The average Bonchev–Trinajstić information content (AvgIpc) is 2.66. The Morgan fingerprint density at radius 1 is 0.800 bits per heavy atom. The smallest absolute Gasteiger partial charge is 4.00 e. The molecule has 1 rings (SSSR count). The van der Waals surface area contributed by atoms with Crippen molar-refractivity contribution in [2.24, 2.45) is 0 Å². The Morgan fingerprint density at radius 3 is 1.10 bits per heavy atom. The van der Waals surface area contributed by atoms with E-state index < -0.39 is 15.9 Å². The van der Waals surface area contributed by atoms with Crippen LogP contribution in [0.1, 0.15) is 41.5 Å². The molecule has 0 atom stereocenters. The Hall–Kier alpha value is 0.586. The molecule has 3 N–H and O–H groups in total. The number of halogens is 1. The van der Waals surface area contributed by atoms with E-state index in [1.165, 1.54) is 0 Å². The second-order valence-electron chi connectivity index (χ2n) is 4.89. The van der Waals surface area contributed by atoms with E-state index in [2.05, 4.69) is 0 Å². The van der Waals surface area contributed by atoms with E-state index in [0.717, 1.165) is 4.40 Å². The quantitative estimate of drug-likeness (QED) is 0.474. The first kappa shape index (κ1) is 28.7. The largest absolute Gasteiger partial charge is 4.00 e. The van der Waals surface area contributed by atoms with Crippen LogP contribution in [0.25, 0.3) is 17.2 Å². The SMILES string of the molecule is CC(C)[NH-].CC(C)[NH-].CC(C)[NH-].[F][GeH2][c-]1cccc1.[Zr+4]. The van der Waals surface area contributed by atoms with E-state index in [1.807, 2.05) is 65.8 Å². The van der Waals surface area contributed by atoms with E-state index in [1.54, 1.807) is 0 Å². The first-order chi connectivity index (χ1) is 8.63. The molecular weight excluding hydrogens is 393 g/mol. The van der Waals surface area contributed by atoms with Gasteiger partial charge in [0.15, 0.2) is 0 Å². The topological polar surface area (TPSA) is 71.4 Å². The summed E-state index contributed by atoms with van der Waals surface area (Å²) in [4.78, 5) is 0. The molecule has 0 fully saturated rings. The van der Waals surface area contributed by atoms with Crippen LogP contribution in [0.2, 0.25) is 0 Å². The van der Waals surface area contributed by atoms with Crippen LogP contribution in [0, 0.1) is 0 Å². The van der Waals surface area contributed by atoms with Crippen LogP contribution in [-0.2, 0) is 26.2 Å². The second kappa shape index (κ2) is 21.9. The van der Waals surface area contributed by atoms with Gasteiger partial charge in [0, 0.05) is 0 Å². The van der Waals surface area contributed by atoms with Gasteiger partial charge in [-0.15, -0.1) is 18.1 Å². The van der Waals surface area contributed by atoms with Gasteiger partial charge in [0.1, 0.15) is 0 Å². The van der Waals surface area contributed by atoms with Crippen LogP contribution in [-0.4, -0.2) is 34.0 Å². The third kappa shape index (κ3) is 62.6. The van der Waals surface area contributed by atoms with E-state index in [4.69, 9.17) is 17.2 Å². The minimum Gasteiger partial charge on any atom is 4.00 e. The number of hydrogen-bond donors (Lipinski definition) is 0. The number of hydrogen-bond acceptors (Lipinski definition) is 0. The van der Waals surface area contributed by atoms with E-state index in [-0.39, 0.29) is 44.3 Å². The zero-order valence-corrected chi connectivity index (χ0v) is 19.1. The van der Waals surface area contributed by atoms with Crippen molar-refractivity contribution in [2.45, 2.75) is 59.7 Å². The van der Waals surface area contributed by atoms with Gasteiger partial charge in [-0.1, -0.05) is 41.5 Å². The van der Waals surface area contributed by atoms with Crippen molar-refractivity contribution >= 4 is 20.3 Å². The summed E-state index contributed by atoms with van der Waals surface area (Å²) >= 11 is -1.73. The summed E-state index contributed by atoms with van der Waals surface area (Å²) in [6, 6.07) is 7.69. The van der Waals surface area contributed by atoms with Crippen LogP contribution in [0.5, 0.6) is 0 Å². The van der Waals surface area contributed by atoms with Gasteiger partial charge in [0.05, 0.1) is 0 Å². The fourth-order valence-corrected chi connectivity index (χ4v) is 1.45. The van der Waals surface area contributed by atoms with Crippen molar-refractivity contribution in [3.63, 3.8) is 0 Å². The maximum absolute atomic E-state index is 11.7. The predicted octanol–water partition coefficient (Wildman–Crippen LogP) is 4.42. The van der Waals surface area contributed by atoms with Crippen molar-refractivity contribution in [3.05, 3.63) is 41.5 Å². The van der Waals surface area contributed by atoms with Gasteiger partial charge in [-0.2, -0.15) is 0 Å². The monoisotopic (exact) mass is 423 g/mol. The zero-order chi connectivity index (χ0) is 15.8. The van der Waals surface area contributed by atoms with Crippen molar-refractivity contribution in [1.29, 1.82) is 0 Å². The summed E-state index contributed by atoms with van der Waals surface area (Å²) in [6.45, 7) is 11.0. The minimum atomic E-state index is -1.73. The molecule has 0 saturated heterocycles. The van der Waals surface area contributed by atoms with Gasteiger partial charge >= 0.3 is 74.3 Å². The Balaban J connectivity index is -0.0000000881. The second-order valence-corrected chi connectivity index (χ2v) is 7.16. The molecule has 0 saturated carbocycles. The summed E-state index contributed by atoms with van der Waals surface area (Å²) in [5.41, 5.74) is 19.8. The molecule has 0 unspecified atom stereocenters. The molecule has 0 aliphatic rings. The molecular formula is C14H30FGeN3Zr. The fourth-order valence-electron chi connectivity index (χ4n) is 0.503. The van der Waals surface area contributed by atoms with Crippen LogP contribution >= 0.6 is 0 Å². The predicted molar refractivity (Wildman–Crippen MR) is 89.7 cm³/mol. The Morgan fingerprint density at radius 2 is 1.00 bits per heavy atom. The maximum atomic E-state index is 11.7. The molecule has 1 aromatic carbocycles. The molecule has 0 amide bonds. The first-order valence-corrected chi connectivity index (χ1v) is 9.13. The van der Waals surface area contributed by atoms with Crippen molar-refractivity contribution in [3.8, 4) is 0 Å². The molecule has 1 aromatic rings. The Kier molecular flexibility index (Phi) is 31.4. The third-order valence-electron chi connectivity index (χ3n) is 0.886. The van der Waals surface area contributed by atoms with Crippen molar-refractivity contribution in [1.82, 2.24) is 0 Å². The normalized spacial score (nSPS) is 9.25. The van der Waals surface area contributed by atoms with Crippen molar-refractivity contribution in [2.75, 3.05) is 0 Å². The van der Waals surface area contributed by atoms with Gasteiger partial charge in [0.25, 0.3) is 0 Å². The zero-order valence-electron chi connectivity index (χ0n) is 13.6. The van der Waals surface area contributed by atoms with Crippen LogP contribution in [0.3, 0.4) is 0 Å². The summed E-state index contributed by atoms with van der Waals surface area (Å²) < 4.78 is 12.7. The van der Waals surface area contributed by atoms with Gasteiger partial charge in [-0.3, -0.25) is 0 Å². The van der Waals surface area contributed by atoms with Crippen molar-refractivity contribution < 1.29 is 29.7 Å². The van der Waals surface area contributed by atoms with E-state index in [0.29, 0.717) is 0 Å². The van der Waals surface area contributed by atoms with Gasteiger partial charge in [-0.25, -0.2) is 0 Å². The molecule has 20 heavy (non-hydrogen) atoms. The molecule has 0 aliphatic carbocycles. The summed E-state index contributed by atoms with van der Waals surface area (Å²) in [6.07, 6.45) is 0. The van der Waals surface area contributed by atoms with E-state index in [9.17, 15) is 3.50 Å². The fraction of sp³-hybridized carbons (Fsp3) is 0.643. The summed E-state index contributed by atoms with van der Waals surface area (Å²) in [5.74, 6) is 0. The summed E-state index contributed by atoms with van der Waals surface area (Å²) in [7, 11) is 0. The van der Waals surface area contributed by atoms with Gasteiger partial charge in [-0.05, 0) is 0 Å². The number of rotatable bonds is 1. The molecule has 0 heterocycles. The summed E-state index contributed by atoms with van der Waals surface area (Å²) in [5, 5.41) is 0. The standard InChI is InChI=1S/C5H6FGe.3C3H8N.Zr/c6-7-5-3-1-2-4-5;3*1-3(2)4;/h1-4H,7H2;3*3-4H,1-2H3;/q4*-1;+4. The average molecular weight is 423 g/mol. The molecule has 0 spiro atoms. The van der Waals surface area contributed by atoms with Crippen LogP contribution in [0.4, 0.5) is 3.50 Å². The Bertz CT molecular complexity index is 220. The van der Waals surface area contributed by atoms with Crippen LogP contribution < -0.4 is 4.40 Å². The molecule has 0 aliphatic heterocycles. The molecule has 0 bridgehead atoms. The Labute approximate surface area is 150 Å². The first-order valence-electron chi connectivity index (χ1n) is 6.53. The van der Waals surface area contributed by atoms with E-state index >= 15 is 0 Å². The molecule has 0 aromatic heterocycles. The van der Waals surface area contributed by atoms with Crippen LogP contribution in [0.15, 0.2) is 24.3 Å². The maximum Gasteiger partial charge on any atom is 4.00 e.